The summed E-state index contributed by atoms with van der Waals surface area (Å²) in [7, 11) is 0. The van der Waals surface area contributed by atoms with E-state index < -0.39 is 5.41 Å². The van der Waals surface area contributed by atoms with Crippen molar-refractivity contribution in [2.45, 2.75) is 64.2 Å². The van der Waals surface area contributed by atoms with E-state index in [4.69, 9.17) is 14.7 Å². The van der Waals surface area contributed by atoms with E-state index in [-0.39, 0.29) is 17.3 Å². The lowest BCUT2D eigenvalue weighted by atomic mass is 9.58. The van der Waals surface area contributed by atoms with Gasteiger partial charge < -0.3 is 4.74 Å². The van der Waals surface area contributed by atoms with Crippen molar-refractivity contribution >= 4 is 27.8 Å². The zero-order chi connectivity index (χ0) is 33.0. The summed E-state index contributed by atoms with van der Waals surface area (Å²) in [6, 6.07) is 39.4. The van der Waals surface area contributed by atoms with Crippen molar-refractivity contribution in [2.75, 3.05) is 6.61 Å². The molecule has 0 spiro atoms. The van der Waals surface area contributed by atoms with Crippen molar-refractivity contribution < 1.29 is 9.53 Å². The lowest BCUT2D eigenvalue weighted by Crippen LogP contribution is -2.41. The fourth-order valence-corrected chi connectivity index (χ4v) is 8.99. The maximum Gasteiger partial charge on any atom is 0.308 e. The number of benzene rings is 4. The molecule has 2 heterocycles. The third kappa shape index (κ3) is 4.60. The van der Waals surface area contributed by atoms with Gasteiger partial charge in [0.25, 0.3) is 0 Å². The molecule has 0 N–H and O–H groups in total. The molecule has 0 bridgehead atoms. The quantitative estimate of drug-likeness (QED) is 0.149. The second-order valence-electron chi connectivity index (χ2n) is 14.2. The molecule has 4 heteroatoms. The largest absolute Gasteiger partial charge is 0.466 e. The third-order valence-electron chi connectivity index (χ3n) is 11.2. The molecule has 2 aromatic heterocycles. The fourth-order valence-electron chi connectivity index (χ4n) is 8.99. The Bertz CT molecular complexity index is 2200. The Balaban J connectivity index is 1.45. The second kappa shape index (κ2) is 11.7. The standard InChI is InChI=1S/C44H42N2O2/c1-5-28(3)25-43(34-19-11-9-17-32(34)40-36(43)23-30-15-7-13-21-38(30)45-40)27-44(26-29(4)42(47)48-6-2)35-20-12-10-18-33(35)41-37(44)24-31-16-8-14-22-39(31)46-41/h7-24,28-29H,5-6,25-27H2,1-4H3/t28?,29?,43-,44+/m1/s1. The summed E-state index contributed by atoms with van der Waals surface area (Å²) in [5.74, 6) is -0.00446. The van der Waals surface area contributed by atoms with E-state index in [1.807, 2.05) is 13.8 Å². The molecule has 0 fully saturated rings. The van der Waals surface area contributed by atoms with Crippen LogP contribution < -0.4 is 0 Å². The number of ether oxygens (including phenoxy) is 1. The van der Waals surface area contributed by atoms with E-state index >= 15 is 0 Å². The van der Waals surface area contributed by atoms with Crippen molar-refractivity contribution in [1.29, 1.82) is 0 Å². The number of esters is 1. The molecule has 48 heavy (non-hydrogen) atoms. The van der Waals surface area contributed by atoms with Crippen molar-refractivity contribution in [3.8, 4) is 22.5 Å². The van der Waals surface area contributed by atoms with E-state index in [0.717, 1.165) is 58.0 Å². The molecular weight excluding hydrogens is 588 g/mol. The highest BCUT2D eigenvalue weighted by Crippen LogP contribution is 2.63. The molecule has 6 aromatic rings. The first kappa shape index (κ1) is 30.5. The van der Waals surface area contributed by atoms with Crippen LogP contribution in [-0.4, -0.2) is 22.5 Å². The predicted molar refractivity (Wildman–Crippen MR) is 195 cm³/mol. The van der Waals surface area contributed by atoms with Gasteiger partial charge in [-0.15, -0.1) is 0 Å². The van der Waals surface area contributed by atoms with Gasteiger partial charge in [0, 0.05) is 32.7 Å². The minimum atomic E-state index is -0.511. The van der Waals surface area contributed by atoms with Gasteiger partial charge in [0.15, 0.2) is 0 Å². The Hall–Kier alpha value is -4.83. The Labute approximate surface area is 283 Å². The van der Waals surface area contributed by atoms with E-state index in [2.05, 4.69) is 123 Å². The maximum absolute atomic E-state index is 13.5. The highest BCUT2D eigenvalue weighted by atomic mass is 16.5. The molecule has 2 unspecified atom stereocenters. The number of hydrogen-bond donors (Lipinski definition) is 0. The van der Waals surface area contributed by atoms with Gasteiger partial charge in [-0.2, -0.15) is 0 Å². The first-order valence-corrected chi connectivity index (χ1v) is 17.6. The van der Waals surface area contributed by atoms with Gasteiger partial charge in [-0.3, -0.25) is 4.79 Å². The normalized spacial score (nSPS) is 20.2. The van der Waals surface area contributed by atoms with E-state index in [1.165, 1.54) is 27.8 Å². The topological polar surface area (TPSA) is 52.1 Å². The maximum atomic E-state index is 13.5. The lowest BCUT2D eigenvalue weighted by molar-refractivity contribution is -0.148. The minimum Gasteiger partial charge on any atom is -0.466 e. The van der Waals surface area contributed by atoms with Crippen molar-refractivity contribution in [1.82, 2.24) is 9.97 Å². The highest BCUT2D eigenvalue weighted by Gasteiger charge is 2.55. The number of pyridine rings is 2. The Kier molecular flexibility index (Phi) is 7.43. The van der Waals surface area contributed by atoms with Gasteiger partial charge >= 0.3 is 5.97 Å². The number of rotatable bonds is 9. The van der Waals surface area contributed by atoms with Gasteiger partial charge in [0.2, 0.25) is 0 Å². The van der Waals surface area contributed by atoms with Crippen LogP contribution in [0.15, 0.2) is 109 Å². The molecule has 0 amide bonds. The van der Waals surface area contributed by atoms with Crippen LogP contribution in [0.3, 0.4) is 0 Å². The summed E-state index contributed by atoms with van der Waals surface area (Å²) in [5, 5.41) is 2.28. The van der Waals surface area contributed by atoms with E-state index in [0.29, 0.717) is 18.9 Å². The summed E-state index contributed by atoms with van der Waals surface area (Å²) in [4.78, 5) is 24.3. The molecule has 240 valence electrons. The number of carbonyl (C=O) groups is 1. The second-order valence-corrected chi connectivity index (χ2v) is 14.2. The van der Waals surface area contributed by atoms with Gasteiger partial charge in [-0.1, -0.05) is 112 Å². The van der Waals surface area contributed by atoms with Crippen LogP contribution in [0.4, 0.5) is 0 Å². The summed E-state index contributed by atoms with van der Waals surface area (Å²) < 4.78 is 5.68. The SMILES string of the molecule is CCOC(=O)C(C)C[C@]1(C[C@]2(CC(C)CC)c3ccccc3-c3nc4ccccc4cc32)c2ccccc2-c2nc3ccccc3cc21. The Morgan fingerprint density at radius 3 is 1.65 bits per heavy atom. The molecule has 4 aromatic carbocycles. The first-order chi connectivity index (χ1) is 23.4. The number of carbonyl (C=O) groups excluding carboxylic acids is 1. The summed E-state index contributed by atoms with van der Waals surface area (Å²) >= 11 is 0. The van der Waals surface area contributed by atoms with Gasteiger partial charge in [-0.25, -0.2) is 9.97 Å². The molecule has 2 aliphatic rings. The van der Waals surface area contributed by atoms with Crippen LogP contribution in [0.25, 0.3) is 44.3 Å². The van der Waals surface area contributed by atoms with Crippen LogP contribution in [-0.2, 0) is 20.4 Å². The average molecular weight is 631 g/mol. The predicted octanol–water partition coefficient (Wildman–Crippen LogP) is 10.4. The van der Waals surface area contributed by atoms with Crippen LogP contribution in [0.5, 0.6) is 0 Å². The molecular formula is C44H42N2O2. The minimum absolute atomic E-state index is 0.146. The number of hydrogen-bond acceptors (Lipinski definition) is 4. The molecule has 0 aliphatic heterocycles. The zero-order valence-corrected chi connectivity index (χ0v) is 28.3. The number of fused-ring (bicyclic) bond motifs is 8. The molecule has 4 nitrogen and oxygen atoms in total. The average Bonchev–Trinajstić information content (AvgIpc) is 3.52. The van der Waals surface area contributed by atoms with Crippen molar-refractivity contribution in [2.24, 2.45) is 11.8 Å². The van der Waals surface area contributed by atoms with Crippen LogP contribution >= 0.6 is 0 Å². The molecule has 8 rings (SSSR count). The zero-order valence-electron chi connectivity index (χ0n) is 28.3. The van der Waals surface area contributed by atoms with Gasteiger partial charge in [0.05, 0.1) is 34.9 Å². The molecule has 2 aliphatic carbocycles. The summed E-state index contributed by atoms with van der Waals surface area (Å²) in [6.45, 7) is 8.99. The van der Waals surface area contributed by atoms with Crippen molar-refractivity contribution in [3.05, 3.63) is 131 Å². The van der Waals surface area contributed by atoms with Crippen molar-refractivity contribution in [3.63, 3.8) is 0 Å². The van der Waals surface area contributed by atoms with Gasteiger partial charge in [0.1, 0.15) is 0 Å². The van der Waals surface area contributed by atoms with E-state index in [9.17, 15) is 4.79 Å². The summed E-state index contributed by atoms with van der Waals surface area (Å²) in [6.07, 6.45) is 3.46. The Morgan fingerprint density at radius 2 is 1.12 bits per heavy atom. The monoisotopic (exact) mass is 630 g/mol. The van der Waals surface area contributed by atoms with Crippen LogP contribution in [0, 0.1) is 11.8 Å². The smallest absolute Gasteiger partial charge is 0.308 e. The Morgan fingerprint density at radius 1 is 0.646 bits per heavy atom. The molecule has 0 saturated carbocycles. The van der Waals surface area contributed by atoms with E-state index in [1.54, 1.807) is 0 Å². The number of para-hydroxylation sites is 2. The molecule has 4 atom stereocenters. The summed E-state index contributed by atoms with van der Waals surface area (Å²) in [5.41, 5.74) is 10.7. The number of aromatic nitrogens is 2. The highest BCUT2D eigenvalue weighted by molar-refractivity contribution is 5.91. The number of nitrogens with zero attached hydrogens (tertiary/aromatic N) is 2. The van der Waals surface area contributed by atoms with Crippen LogP contribution in [0.1, 0.15) is 75.6 Å². The molecule has 0 radical (unpaired) electrons. The third-order valence-corrected chi connectivity index (χ3v) is 11.2. The fraction of sp³-hybridized carbons (Fsp3) is 0.295. The van der Waals surface area contributed by atoms with Crippen LogP contribution in [0.2, 0.25) is 0 Å². The van der Waals surface area contributed by atoms with Gasteiger partial charge in [-0.05, 0) is 78.6 Å². The first-order valence-electron chi connectivity index (χ1n) is 17.6. The molecule has 0 saturated heterocycles. The lowest BCUT2D eigenvalue weighted by Gasteiger charge is -2.44.